The Morgan fingerprint density at radius 3 is 2.81 bits per heavy atom. The number of allylic oxidation sites excluding steroid dienone is 1. The van der Waals surface area contributed by atoms with E-state index in [4.69, 9.17) is 0 Å². The molecule has 1 atom stereocenters. The van der Waals surface area contributed by atoms with Crippen LogP contribution in [0, 0.1) is 3.57 Å². The van der Waals surface area contributed by atoms with E-state index in [2.05, 4.69) is 85.8 Å². The molecule has 6 heteroatoms. The van der Waals surface area contributed by atoms with Crippen molar-refractivity contribution in [3.63, 3.8) is 0 Å². The van der Waals surface area contributed by atoms with E-state index in [0.29, 0.717) is 0 Å². The van der Waals surface area contributed by atoms with E-state index in [1.807, 2.05) is 4.68 Å². The van der Waals surface area contributed by atoms with Crippen LogP contribution >= 0.6 is 33.9 Å². The highest BCUT2D eigenvalue weighted by atomic mass is 127. The third-order valence-electron chi connectivity index (χ3n) is 3.40. The number of thiophene rings is 1. The molecule has 4 rings (SSSR count). The predicted molar refractivity (Wildman–Crippen MR) is 93.2 cm³/mol. The molecule has 0 saturated carbocycles. The van der Waals surface area contributed by atoms with Crippen molar-refractivity contribution in [3.05, 3.63) is 68.2 Å². The minimum atomic E-state index is 0.0954. The van der Waals surface area contributed by atoms with Crippen molar-refractivity contribution in [1.29, 1.82) is 0 Å². The van der Waals surface area contributed by atoms with Gasteiger partial charge in [-0.1, -0.05) is 18.2 Å². The number of nitrogens with zero attached hydrogens (tertiary/aromatic N) is 3. The number of rotatable bonds is 2. The van der Waals surface area contributed by atoms with Crippen LogP contribution in [-0.4, -0.2) is 14.8 Å². The van der Waals surface area contributed by atoms with Crippen molar-refractivity contribution < 1.29 is 0 Å². The molecule has 1 aromatic carbocycles. The second-order valence-electron chi connectivity index (χ2n) is 4.70. The molecular formula is C15H11IN4S. The van der Waals surface area contributed by atoms with Crippen LogP contribution in [0.1, 0.15) is 16.5 Å². The van der Waals surface area contributed by atoms with Crippen LogP contribution in [0.2, 0.25) is 0 Å². The summed E-state index contributed by atoms with van der Waals surface area (Å²) in [5.74, 6) is 0.782. The summed E-state index contributed by atoms with van der Waals surface area (Å²) in [6, 6.07) is 12.8. The van der Waals surface area contributed by atoms with Gasteiger partial charge < -0.3 is 5.32 Å². The minimum Gasteiger partial charge on any atom is -0.324 e. The Hall–Kier alpha value is -1.67. The average Bonchev–Trinajstić information content (AvgIpc) is 3.18. The van der Waals surface area contributed by atoms with Crippen LogP contribution in [0.5, 0.6) is 0 Å². The quantitative estimate of drug-likeness (QED) is 0.655. The maximum absolute atomic E-state index is 4.34. The maximum atomic E-state index is 4.34. The van der Waals surface area contributed by atoms with Crippen LogP contribution in [-0.2, 0) is 0 Å². The standard InChI is InChI=1S/C15H11IN4S/c16-11-5-3-10(4-6-11)12-8-13(14-2-1-7-21-14)20-15(19-12)17-9-18-20/h1-9,13H,(H,17,18,19)/t13-/m1/s1. The van der Waals surface area contributed by atoms with Gasteiger partial charge in [-0.3, -0.25) is 0 Å². The van der Waals surface area contributed by atoms with Gasteiger partial charge in [-0.05, 0) is 57.8 Å². The SMILES string of the molecule is Ic1ccc(C2=C[C@H](c3cccs3)n3ncnc3N2)cc1. The van der Waals surface area contributed by atoms with Gasteiger partial charge in [-0.15, -0.1) is 11.3 Å². The Morgan fingerprint density at radius 2 is 2.05 bits per heavy atom. The van der Waals surface area contributed by atoms with Crippen molar-refractivity contribution in [2.45, 2.75) is 6.04 Å². The molecule has 104 valence electrons. The zero-order chi connectivity index (χ0) is 14.2. The van der Waals surface area contributed by atoms with E-state index >= 15 is 0 Å². The lowest BCUT2D eigenvalue weighted by atomic mass is 10.1. The van der Waals surface area contributed by atoms with Crippen molar-refractivity contribution in [1.82, 2.24) is 14.8 Å². The third-order valence-corrected chi connectivity index (χ3v) is 5.06. The monoisotopic (exact) mass is 406 g/mol. The van der Waals surface area contributed by atoms with Gasteiger partial charge in [0.2, 0.25) is 5.95 Å². The molecular weight excluding hydrogens is 395 g/mol. The van der Waals surface area contributed by atoms with Gasteiger partial charge in [-0.25, -0.2) is 4.68 Å². The van der Waals surface area contributed by atoms with Crippen LogP contribution in [0.4, 0.5) is 5.95 Å². The van der Waals surface area contributed by atoms with Crippen molar-refractivity contribution in [3.8, 4) is 0 Å². The fourth-order valence-corrected chi connectivity index (χ4v) is 3.53. The summed E-state index contributed by atoms with van der Waals surface area (Å²) in [5.41, 5.74) is 2.23. The van der Waals surface area contributed by atoms with Gasteiger partial charge >= 0.3 is 0 Å². The summed E-state index contributed by atoms with van der Waals surface area (Å²) in [5, 5.41) is 9.79. The third kappa shape index (κ3) is 2.38. The first kappa shape index (κ1) is 13.0. The second kappa shape index (κ2) is 5.27. The summed E-state index contributed by atoms with van der Waals surface area (Å²) < 4.78 is 3.15. The highest BCUT2D eigenvalue weighted by Crippen LogP contribution is 2.33. The second-order valence-corrected chi connectivity index (χ2v) is 6.93. The van der Waals surface area contributed by atoms with E-state index in [-0.39, 0.29) is 6.04 Å². The zero-order valence-electron chi connectivity index (χ0n) is 10.9. The van der Waals surface area contributed by atoms with Gasteiger partial charge in [0.05, 0.1) is 0 Å². The molecule has 0 saturated heterocycles. The lowest BCUT2D eigenvalue weighted by Gasteiger charge is -2.23. The first-order valence-corrected chi connectivity index (χ1v) is 8.45. The number of aromatic nitrogens is 3. The molecule has 0 unspecified atom stereocenters. The molecule has 0 spiro atoms. The van der Waals surface area contributed by atoms with E-state index in [0.717, 1.165) is 17.2 Å². The number of benzene rings is 1. The molecule has 0 bridgehead atoms. The topological polar surface area (TPSA) is 42.7 Å². The average molecular weight is 406 g/mol. The Labute approximate surface area is 139 Å². The molecule has 1 aliphatic rings. The zero-order valence-corrected chi connectivity index (χ0v) is 13.9. The number of nitrogens with one attached hydrogen (secondary N) is 1. The van der Waals surface area contributed by atoms with Crippen molar-refractivity contribution >= 4 is 45.6 Å². The predicted octanol–water partition coefficient (Wildman–Crippen LogP) is 4.00. The number of fused-ring (bicyclic) bond motifs is 1. The maximum Gasteiger partial charge on any atom is 0.226 e. The van der Waals surface area contributed by atoms with Gasteiger partial charge in [0.25, 0.3) is 0 Å². The van der Waals surface area contributed by atoms with Crippen LogP contribution in [0.25, 0.3) is 5.70 Å². The van der Waals surface area contributed by atoms with Crippen LogP contribution < -0.4 is 5.32 Å². The molecule has 1 N–H and O–H groups in total. The van der Waals surface area contributed by atoms with E-state index in [1.165, 1.54) is 8.45 Å². The molecule has 0 fully saturated rings. The number of hydrogen-bond donors (Lipinski definition) is 1. The lowest BCUT2D eigenvalue weighted by Crippen LogP contribution is -2.19. The highest BCUT2D eigenvalue weighted by Gasteiger charge is 2.23. The van der Waals surface area contributed by atoms with Crippen LogP contribution in [0.3, 0.4) is 0 Å². The molecule has 1 aliphatic heterocycles. The van der Waals surface area contributed by atoms with E-state index in [9.17, 15) is 0 Å². The summed E-state index contributed by atoms with van der Waals surface area (Å²) >= 11 is 4.05. The molecule has 3 heterocycles. The molecule has 0 radical (unpaired) electrons. The number of anilines is 1. The Balaban J connectivity index is 1.80. The lowest BCUT2D eigenvalue weighted by molar-refractivity contribution is 0.620. The summed E-state index contributed by atoms with van der Waals surface area (Å²) in [7, 11) is 0. The number of halogens is 1. The number of hydrogen-bond acceptors (Lipinski definition) is 4. The van der Waals surface area contributed by atoms with E-state index < -0.39 is 0 Å². The summed E-state index contributed by atoms with van der Waals surface area (Å²) in [6.07, 6.45) is 3.80. The molecule has 3 aromatic rings. The van der Waals surface area contributed by atoms with Gasteiger partial charge in [0, 0.05) is 14.1 Å². The smallest absolute Gasteiger partial charge is 0.226 e. The molecule has 4 nitrogen and oxygen atoms in total. The van der Waals surface area contributed by atoms with Gasteiger partial charge in [0.15, 0.2) is 0 Å². The van der Waals surface area contributed by atoms with Crippen molar-refractivity contribution in [2.24, 2.45) is 0 Å². The largest absolute Gasteiger partial charge is 0.324 e. The van der Waals surface area contributed by atoms with Crippen molar-refractivity contribution in [2.75, 3.05) is 5.32 Å². The minimum absolute atomic E-state index is 0.0954. The fraction of sp³-hybridized carbons (Fsp3) is 0.0667. The van der Waals surface area contributed by atoms with E-state index in [1.54, 1.807) is 17.7 Å². The Bertz CT molecular complexity index is 789. The fourth-order valence-electron chi connectivity index (χ4n) is 2.39. The molecule has 0 aliphatic carbocycles. The van der Waals surface area contributed by atoms with Gasteiger partial charge in [-0.2, -0.15) is 10.1 Å². The normalized spacial score (nSPS) is 17.0. The molecule has 21 heavy (non-hydrogen) atoms. The first-order valence-electron chi connectivity index (χ1n) is 6.49. The van der Waals surface area contributed by atoms with Gasteiger partial charge in [0.1, 0.15) is 12.4 Å². The first-order chi connectivity index (χ1) is 10.3. The molecule has 2 aromatic heterocycles. The van der Waals surface area contributed by atoms with Crippen LogP contribution in [0.15, 0.2) is 54.2 Å². The summed E-state index contributed by atoms with van der Waals surface area (Å²) in [4.78, 5) is 5.57. The highest BCUT2D eigenvalue weighted by molar-refractivity contribution is 14.1. The summed E-state index contributed by atoms with van der Waals surface area (Å²) in [6.45, 7) is 0. The molecule has 0 amide bonds. The Morgan fingerprint density at radius 1 is 1.19 bits per heavy atom. The Kier molecular flexibility index (Phi) is 3.27.